The molecule has 3 rings (SSSR count). The molecule has 2 heteroatoms. The van der Waals surface area contributed by atoms with Gasteiger partial charge < -0.3 is 4.74 Å². The fourth-order valence-electron chi connectivity index (χ4n) is 3.01. The van der Waals surface area contributed by atoms with Crippen LogP contribution >= 0.6 is 11.6 Å². The molecular formula is C15H19ClO. The zero-order valence-electron chi connectivity index (χ0n) is 10.1. The van der Waals surface area contributed by atoms with Crippen LogP contribution in [-0.4, -0.2) is 18.6 Å². The summed E-state index contributed by atoms with van der Waals surface area (Å²) in [6.45, 7) is 1.65. The Morgan fingerprint density at radius 2 is 2.12 bits per heavy atom. The van der Waals surface area contributed by atoms with Crippen molar-refractivity contribution in [1.29, 1.82) is 0 Å². The van der Waals surface area contributed by atoms with Crippen molar-refractivity contribution in [2.24, 2.45) is 5.92 Å². The highest BCUT2D eigenvalue weighted by Crippen LogP contribution is 2.27. The normalized spacial score (nSPS) is 28.1. The summed E-state index contributed by atoms with van der Waals surface area (Å²) in [5.41, 5.74) is 4.55. The third-order valence-electron chi connectivity index (χ3n) is 4.04. The predicted molar refractivity (Wildman–Crippen MR) is 70.7 cm³/mol. The van der Waals surface area contributed by atoms with Crippen LogP contribution < -0.4 is 0 Å². The maximum Gasteiger partial charge on any atom is 0.0511 e. The number of aryl methyl sites for hydroxylation is 2. The van der Waals surface area contributed by atoms with Crippen molar-refractivity contribution in [2.75, 3.05) is 13.2 Å². The van der Waals surface area contributed by atoms with Gasteiger partial charge in [-0.05, 0) is 48.8 Å². The lowest BCUT2D eigenvalue weighted by Gasteiger charge is -2.27. The molecule has 0 saturated carbocycles. The first-order chi connectivity index (χ1) is 8.33. The number of rotatable bonds is 2. The van der Waals surface area contributed by atoms with E-state index in [1.54, 1.807) is 11.1 Å². The molecule has 0 amide bonds. The molecule has 1 aromatic carbocycles. The first-order valence-electron chi connectivity index (χ1n) is 6.65. The summed E-state index contributed by atoms with van der Waals surface area (Å²) in [4.78, 5) is 0. The summed E-state index contributed by atoms with van der Waals surface area (Å²) in [5.74, 6) is 0.491. The smallest absolute Gasteiger partial charge is 0.0511 e. The molecule has 0 aromatic heterocycles. The second-order valence-corrected chi connectivity index (χ2v) is 5.86. The number of halogens is 1. The van der Waals surface area contributed by atoms with Gasteiger partial charge in [0.2, 0.25) is 0 Å². The van der Waals surface area contributed by atoms with Crippen LogP contribution in [0.15, 0.2) is 18.2 Å². The van der Waals surface area contributed by atoms with E-state index in [1.165, 1.54) is 24.8 Å². The predicted octanol–water partition coefficient (Wildman–Crippen LogP) is 3.36. The molecule has 1 fully saturated rings. The van der Waals surface area contributed by atoms with Crippen molar-refractivity contribution in [3.05, 3.63) is 34.9 Å². The Kier molecular flexibility index (Phi) is 3.39. The number of hydrogen-bond acceptors (Lipinski definition) is 1. The van der Waals surface area contributed by atoms with E-state index < -0.39 is 0 Å². The average Bonchev–Trinajstić information content (AvgIpc) is 2.79. The molecular weight excluding hydrogens is 232 g/mol. The molecule has 17 heavy (non-hydrogen) atoms. The Balaban J connectivity index is 1.72. The van der Waals surface area contributed by atoms with Gasteiger partial charge in [-0.25, -0.2) is 0 Å². The molecule has 1 aliphatic carbocycles. The van der Waals surface area contributed by atoms with Gasteiger partial charge in [-0.2, -0.15) is 0 Å². The maximum absolute atomic E-state index is 6.37. The van der Waals surface area contributed by atoms with E-state index in [0.29, 0.717) is 5.92 Å². The van der Waals surface area contributed by atoms with Crippen LogP contribution in [0, 0.1) is 5.92 Å². The Hall–Kier alpha value is -0.530. The SMILES string of the molecule is ClC1CCOCC1Cc1ccc2c(c1)CCC2. The Morgan fingerprint density at radius 1 is 1.24 bits per heavy atom. The Bertz CT molecular complexity index is 402. The standard InChI is InChI=1S/C15H19ClO/c16-15-6-7-17-10-14(15)9-11-4-5-12-2-1-3-13(12)8-11/h4-5,8,14-15H,1-3,6-7,9-10H2. The highest BCUT2D eigenvalue weighted by molar-refractivity contribution is 6.20. The quantitative estimate of drug-likeness (QED) is 0.732. The van der Waals surface area contributed by atoms with Crippen molar-refractivity contribution in [3.8, 4) is 0 Å². The van der Waals surface area contributed by atoms with E-state index in [0.717, 1.165) is 26.1 Å². The molecule has 2 aliphatic rings. The molecule has 0 bridgehead atoms. The van der Waals surface area contributed by atoms with Crippen LogP contribution in [0.5, 0.6) is 0 Å². The van der Waals surface area contributed by atoms with E-state index in [1.807, 2.05) is 0 Å². The van der Waals surface area contributed by atoms with Crippen molar-refractivity contribution in [3.63, 3.8) is 0 Å². The largest absolute Gasteiger partial charge is 0.381 e. The lowest BCUT2D eigenvalue weighted by Crippen LogP contribution is -2.29. The number of benzene rings is 1. The third kappa shape index (κ3) is 2.51. The van der Waals surface area contributed by atoms with Gasteiger partial charge in [-0.1, -0.05) is 18.2 Å². The van der Waals surface area contributed by atoms with E-state index in [4.69, 9.17) is 16.3 Å². The van der Waals surface area contributed by atoms with Gasteiger partial charge in [0, 0.05) is 17.9 Å². The molecule has 1 aliphatic heterocycles. The van der Waals surface area contributed by atoms with Gasteiger partial charge in [0.25, 0.3) is 0 Å². The fraction of sp³-hybridized carbons (Fsp3) is 0.600. The summed E-state index contributed by atoms with van der Waals surface area (Å²) in [6, 6.07) is 6.98. The molecule has 0 N–H and O–H groups in total. The topological polar surface area (TPSA) is 9.23 Å². The number of ether oxygens (including phenoxy) is 1. The number of hydrogen-bond donors (Lipinski definition) is 0. The molecule has 0 spiro atoms. The first kappa shape index (κ1) is 11.6. The summed E-state index contributed by atoms with van der Waals surface area (Å²) < 4.78 is 5.53. The van der Waals surface area contributed by atoms with Gasteiger partial charge in [0.15, 0.2) is 0 Å². The number of alkyl halides is 1. The summed E-state index contributed by atoms with van der Waals surface area (Å²) in [5, 5.41) is 0.289. The van der Waals surface area contributed by atoms with Gasteiger partial charge in [-0.3, -0.25) is 0 Å². The molecule has 1 saturated heterocycles. The minimum Gasteiger partial charge on any atom is -0.381 e. The monoisotopic (exact) mass is 250 g/mol. The van der Waals surface area contributed by atoms with E-state index in [9.17, 15) is 0 Å². The molecule has 1 aromatic rings. The summed E-state index contributed by atoms with van der Waals surface area (Å²) >= 11 is 6.37. The molecule has 92 valence electrons. The molecule has 2 unspecified atom stereocenters. The zero-order valence-corrected chi connectivity index (χ0v) is 10.9. The van der Waals surface area contributed by atoms with Gasteiger partial charge in [0.05, 0.1) is 6.61 Å². The maximum atomic E-state index is 6.37. The third-order valence-corrected chi connectivity index (χ3v) is 4.62. The molecule has 1 nitrogen and oxygen atoms in total. The average molecular weight is 251 g/mol. The zero-order chi connectivity index (χ0) is 11.7. The highest BCUT2D eigenvalue weighted by atomic mass is 35.5. The number of fused-ring (bicyclic) bond motifs is 1. The van der Waals surface area contributed by atoms with Gasteiger partial charge >= 0.3 is 0 Å². The summed E-state index contributed by atoms with van der Waals surface area (Å²) in [7, 11) is 0. The molecule has 0 radical (unpaired) electrons. The van der Waals surface area contributed by atoms with Crippen LogP contribution in [0.3, 0.4) is 0 Å². The van der Waals surface area contributed by atoms with Crippen LogP contribution in [0.1, 0.15) is 29.5 Å². The van der Waals surface area contributed by atoms with Crippen molar-refractivity contribution in [1.82, 2.24) is 0 Å². The van der Waals surface area contributed by atoms with E-state index >= 15 is 0 Å². The van der Waals surface area contributed by atoms with Crippen molar-refractivity contribution >= 4 is 11.6 Å². The first-order valence-corrected chi connectivity index (χ1v) is 7.09. The minimum atomic E-state index is 0.289. The highest BCUT2D eigenvalue weighted by Gasteiger charge is 2.24. The molecule has 1 heterocycles. The van der Waals surface area contributed by atoms with Crippen molar-refractivity contribution < 1.29 is 4.74 Å². The fourth-order valence-corrected chi connectivity index (χ4v) is 3.26. The lowest BCUT2D eigenvalue weighted by atomic mass is 9.92. The summed E-state index contributed by atoms with van der Waals surface area (Å²) in [6.07, 6.45) is 5.91. The Morgan fingerprint density at radius 3 is 3.00 bits per heavy atom. The van der Waals surface area contributed by atoms with Crippen LogP contribution in [-0.2, 0) is 24.0 Å². The van der Waals surface area contributed by atoms with Crippen LogP contribution in [0.4, 0.5) is 0 Å². The van der Waals surface area contributed by atoms with Crippen molar-refractivity contribution in [2.45, 2.75) is 37.5 Å². The second-order valence-electron chi connectivity index (χ2n) is 5.30. The van der Waals surface area contributed by atoms with Gasteiger partial charge in [0.1, 0.15) is 0 Å². The van der Waals surface area contributed by atoms with Gasteiger partial charge in [-0.15, -0.1) is 11.6 Å². The van der Waals surface area contributed by atoms with E-state index in [2.05, 4.69) is 18.2 Å². The minimum absolute atomic E-state index is 0.289. The van der Waals surface area contributed by atoms with Crippen LogP contribution in [0.25, 0.3) is 0 Å². The molecule has 2 atom stereocenters. The lowest BCUT2D eigenvalue weighted by molar-refractivity contribution is 0.0578. The second kappa shape index (κ2) is 4.99. The Labute approximate surface area is 108 Å². The van der Waals surface area contributed by atoms with Crippen LogP contribution in [0.2, 0.25) is 0 Å². The van der Waals surface area contributed by atoms with E-state index in [-0.39, 0.29) is 5.38 Å².